The molecule has 0 radical (unpaired) electrons. The van der Waals surface area contributed by atoms with Gasteiger partial charge < -0.3 is 11.1 Å². The summed E-state index contributed by atoms with van der Waals surface area (Å²) in [5.41, 5.74) is 7.82. The minimum atomic E-state index is 0.147. The Bertz CT molecular complexity index is 505. The number of nitrogens with one attached hydrogen (secondary N) is 1. The topological polar surface area (TPSA) is 58.4 Å². The Kier molecular flexibility index (Phi) is 3.37. The van der Waals surface area contributed by atoms with Gasteiger partial charge in [0.1, 0.15) is 0 Å². The van der Waals surface area contributed by atoms with Gasteiger partial charge in [0.05, 0.1) is 5.92 Å². The summed E-state index contributed by atoms with van der Waals surface area (Å²) in [4.78, 5) is 14.1. The van der Waals surface area contributed by atoms with Gasteiger partial charge in [0.2, 0.25) is 5.91 Å². The number of rotatable bonds is 2. The molecule has 2 unspecified atom stereocenters. The molecule has 0 saturated carbocycles. The van der Waals surface area contributed by atoms with Gasteiger partial charge >= 0.3 is 0 Å². The number of fused-ring (bicyclic) bond motifs is 1. The lowest BCUT2D eigenvalue weighted by Gasteiger charge is -2.36. The largest absolute Gasteiger partial charge is 0.398 e. The van der Waals surface area contributed by atoms with E-state index in [-0.39, 0.29) is 11.8 Å². The van der Waals surface area contributed by atoms with Gasteiger partial charge in [0.15, 0.2) is 0 Å². The fourth-order valence-corrected chi connectivity index (χ4v) is 3.36. The van der Waals surface area contributed by atoms with Crippen LogP contribution in [0.3, 0.4) is 0 Å². The summed E-state index contributed by atoms with van der Waals surface area (Å²) in [7, 11) is 0. The van der Waals surface area contributed by atoms with E-state index in [0.717, 1.165) is 43.7 Å². The van der Waals surface area contributed by atoms with Crippen molar-refractivity contribution in [3.05, 3.63) is 28.8 Å². The maximum Gasteiger partial charge on any atom is 0.224 e. The van der Waals surface area contributed by atoms with E-state index in [1.54, 1.807) is 6.07 Å². The van der Waals surface area contributed by atoms with Crippen LogP contribution in [-0.4, -0.2) is 29.9 Å². The lowest BCUT2D eigenvalue weighted by atomic mass is 9.91. The molecule has 102 valence electrons. The molecule has 2 fully saturated rings. The number of hydrogen-bond donors (Lipinski definition) is 2. The number of likely N-dealkylation sites (tertiary alicyclic amines) is 1. The molecule has 1 aromatic carbocycles. The first-order valence-corrected chi connectivity index (χ1v) is 7.08. The third kappa shape index (κ3) is 2.42. The number of halogens is 1. The molecule has 0 bridgehead atoms. The van der Waals surface area contributed by atoms with Crippen LogP contribution in [0.1, 0.15) is 18.4 Å². The number of amides is 1. The summed E-state index contributed by atoms with van der Waals surface area (Å²) in [6.07, 6.45) is 2.06. The van der Waals surface area contributed by atoms with Crippen molar-refractivity contribution in [1.82, 2.24) is 10.2 Å². The summed E-state index contributed by atoms with van der Waals surface area (Å²) in [5.74, 6) is 0.350. The molecule has 3 rings (SSSR count). The van der Waals surface area contributed by atoms with E-state index < -0.39 is 0 Å². The van der Waals surface area contributed by atoms with Gasteiger partial charge in [-0.2, -0.15) is 0 Å². The van der Waals surface area contributed by atoms with Gasteiger partial charge in [-0.1, -0.05) is 11.6 Å². The SMILES string of the molecule is Nc1ccc(Cl)cc1CN1CCCC2C(=O)NCC21. The summed E-state index contributed by atoms with van der Waals surface area (Å²) in [5, 5.41) is 3.67. The summed E-state index contributed by atoms with van der Waals surface area (Å²) < 4.78 is 0. The minimum Gasteiger partial charge on any atom is -0.398 e. The normalized spacial score (nSPS) is 27.1. The van der Waals surface area contributed by atoms with Gasteiger partial charge in [-0.05, 0) is 43.1 Å². The van der Waals surface area contributed by atoms with Crippen LogP contribution in [0.2, 0.25) is 5.02 Å². The minimum absolute atomic E-state index is 0.147. The Balaban J connectivity index is 1.79. The van der Waals surface area contributed by atoms with E-state index in [9.17, 15) is 4.79 Å². The van der Waals surface area contributed by atoms with E-state index >= 15 is 0 Å². The maximum atomic E-state index is 11.7. The average Bonchev–Trinajstić information content (AvgIpc) is 2.77. The number of benzene rings is 1. The Labute approximate surface area is 117 Å². The molecule has 2 aliphatic heterocycles. The maximum absolute atomic E-state index is 11.7. The molecule has 5 heteroatoms. The molecule has 1 amide bonds. The van der Waals surface area contributed by atoms with Gasteiger partial charge in [-0.25, -0.2) is 0 Å². The zero-order valence-corrected chi connectivity index (χ0v) is 11.5. The highest BCUT2D eigenvalue weighted by molar-refractivity contribution is 6.30. The summed E-state index contributed by atoms with van der Waals surface area (Å²) >= 11 is 6.03. The van der Waals surface area contributed by atoms with Gasteiger partial charge in [-0.3, -0.25) is 9.69 Å². The van der Waals surface area contributed by atoms with Crippen molar-refractivity contribution in [2.24, 2.45) is 5.92 Å². The van der Waals surface area contributed by atoms with E-state index in [0.29, 0.717) is 11.1 Å². The van der Waals surface area contributed by atoms with E-state index in [2.05, 4.69) is 10.2 Å². The second-order valence-electron chi connectivity index (χ2n) is 5.37. The zero-order chi connectivity index (χ0) is 13.4. The third-order valence-corrected chi connectivity index (χ3v) is 4.43. The predicted octanol–water partition coefficient (Wildman–Crippen LogP) is 1.63. The number of nitrogens with zero attached hydrogens (tertiary/aromatic N) is 1. The summed E-state index contributed by atoms with van der Waals surface area (Å²) in [6.45, 7) is 2.54. The first-order valence-electron chi connectivity index (χ1n) is 6.71. The number of nitrogen functional groups attached to an aromatic ring is 1. The van der Waals surface area contributed by atoms with Crippen molar-refractivity contribution in [3.63, 3.8) is 0 Å². The highest BCUT2D eigenvalue weighted by atomic mass is 35.5. The van der Waals surface area contributed by atoms with E-state index in [1.807, 2.05) is 12.1 Å². The fraction of sp³-hybridized carbons (Fsp3) is 0.500. The fourth-order valence-electron chi connectivity index (χ4n) is 3.17. The molecule has 19 heavy (non-hydrogen) atoms. The molecule has 2 atom stereocenters. The summed E-state index contributed by atoms with van der Waals surface area (Å²) in [6, 6.07) is 5.88. The second-order valence-corrected chi connectivity index (χ2v) is 5.81. The van der Waals surface area contributed by atoms with Crippen molar-refractivity contribution >= 4 is 23.2 Å². The molecular weight excluding hydrogens is 262 g/mol. The first-order chi connectivity index (χ1) is 9.15. The highest BCUT2D eigenvalue weighted by Crippen LogP contribution is 2.30. The van der Waals surface area contributed by atoms with E-state index in [4.69, 9.17) is 17.3 Å². The first kappa shape index (κ1) is 12.8. The van der Waals surface area contributed by atoms with Crippen molar-refractivity contribution in [1.29, 1.82) is 0 Å². The number of hydrogen-bond acceptors (Lipinski definition) is 3. The Hall–Kier alpha value is -1.26. The standard InChI is InChI=1S/C14H18ClN3O/c15-10-3-4-12(16)9(6-10)8-18-5-1-2-11-13(18)7-17-14(11)19/h3-4,6,11,13H,1-2,5,7-8,16H2,(H,17,19). The van der Waals surface area contributed by atoms with Crippen LogP contribution >= 0.6 is 11.6 Å². The molecule has 0 aromatic heterocycles. The molecular formula is C14H18ClN3O. The van der Waals surface area contributed by atoms with Crippen LogP contribution in [0.4, 0.5) is 5.69 Å². The number of nitrogens with two attached hydrogens (primary N) is 1. The number of carbonyl (C=O) groups is 1. The van der Waals surface area contributed by atoms with Crippen LogP contribution in [-0.2, 0) is 11.3 Å². The number of anilines is 1. The molecule has 2 saturated heterocycles. The van der Waals surface area contributed by atoms with Crippen molar-refractivity contribution in [3.8, 4) is 0 Å². The van der Waals surface area contributed by atoms with Crippen LogP contribution in [0.5, 0.6) is 0 Å². The van der Waals surface area contributed by atoms with Gasteiger partial charge in [0.25, 0.3) is 0 Å². The second kappa shape index (κ2) is 5.02. The van der Waals surface area contributed by atoms with Gasteiger partial charge in [0, 0.05) is 29.8 Å². The number of carbonyl (C=O) groups excluding carboxylic acids is 1. The van der Waals surface area contributed by atoms with Crippen LogP contribution in [0.15, 0.2) is 18.2 Å². The third-order valence-electron chi connectivity index (χ3n) is 4.19. The predicted molar refractivity (Wildman–Crippen MR) is 75.8 cm³/mol. The molecule has 1 aromatic rings. The molecule has 2 heterocycles. The lowest BCUT2D eigenvalue weighted by molar-refractivity contribution is -0.124. The van der Waals surface area contributed by atoms with Crippen LogP contribution < -0.4 is 11.1 Å². The monoisotopic (exact) mass is 279 g/mol. The molecule has 0 aliphatic carbocycles. The Morgan fingerprint density at radius 2 is 2.32 bits per heavy atom. The van der Waals surface area contributed by atoms with Crippen LogP contribution in [0.25, 0.3) is 0 Å². The molecule has 3 N–H and O–H groups in total. The Morgan fingerprint density at radius 3 is 3.16 bits per heavy atom. The Morgan fingerprint density at radius 1 is 1.47 bits per heavy atom. The van der Waals surface area contributed by atoms with E-state index in [1.165, 1.54) is 0 Å². The molecule has 2 aliphatic rings. The van der Waals surface area contributed by atoms with Crippen LogP contribution in [0, 0.1) is 5.92 Å². The highest BCUT2D eigenvalue weighted by Gasteiger charge is 2.40. The quantitative estimate of drug-likeness (QED) is 0.809. The van der Waals surface area contributed by atoms with Crippen molar-refractivity contribution in [2.45, 2.75) is 25.4 Å². The smallest absolute Gasteiger partial charge is 0.224 e. The van der Waals surface area contributed by atoms with Crippen molar-refractivity contribution in [2.75, 3.05) is 18.8 Å². The average molecular weight is 280 g/mol. The van der Waals surface area contributed by atoms with Crippen molar-refractivity contribution < 1.29 is 4.79 Å². The molecule has 0 spiro atoms. The van der Waals surface area contributed by atoms with Gasteiger partial charge in [-0.15, -0.1) is 0 Å². The molecule has 4 nitrogen and oxygen atoms in total. The lowest BCUT2D eigenvalue weighted by Crippen LogP contribution is -2.45. The number of piperidine rings is 1. The zero-order valence-electron chi connectivity index (χ0n) is 10.7.